The number of rotatable bonds is 3. The molecule has 2 aromatic rings. The van der Waals surface area contributed by atoms with E-state index < -0.39 is 0 Å². The van der Waals surface area contributed by atoms with E-state index in [0.717, 1.165) is 15.6 Å². The molecular weight excluding hydrogens is 254 g/mol. The first-order valence-corrected chi connectivity index (χ1v) is 5.57. The summed E-state index contributed by atoms with van der Waals surface area (Å²) in [7, 11) is 0. The van der Waals surface area contributed by atoms with Gasteiger partial charge in [-0.1, -0.05) is 30.3 Å². The van der Waals surface area contributed by atoms with Crippen molar-refractivity contribution in [2.75, 3.05) is 13.2 Å². The lowest BCUT2D eigenvalue weighted by atomic mass is 10.1. The lowest BCUT2D eigenvalue weighted by Crippen LogP contribution is -2.03. The molecule has 0 aliphatic carbocycles. The Hall–Kier alpha value is -1.06. The van der Waals surface area contributed by atoms with Gasteiger partial charge in [0, 0.05) is 6.54 Å². The van der Waals surface area contributed by atoms with Crippen LogP contribution in [0.2, 0.25) is 0 Å². The first-order valence-electron chi connectivity index (χ1n) is 4.77. The summed E-state index contributed by atoms with van der Waals surface area (Å²) in [6.07, 6.45) is 0. The van der Waals surface area contributed by atoms with Crippen LogP contribution in [0.3, 0.4) is 0 Å². The molecule has 0 heterocycles. The van der Waals surface area contributed by atoms with Crippen LogP contribution in [0.5, 0.6) is 5.75 Å². The summed E-state index contributed by atoms with van der Waals surface area (Å²) in [4.78, 5) is 0. The number of hydrogen-bond acceptors (Lipinski definition) is 1. The fraction of sp³-hybridized carbons (Fsp3) is 0.167. The molecular formula is C12H11BrNO. The second-order valence-corrected chi connectivity index (χ2v) is 3.99. The number of ether oxygens (including phenoxy) is 1. The molecule has 0 aliphatic rings. The summed E-state index contributed by atoms with van der Waals surface area (Å²) in [6, 6.07) is 12.1. The Morgan fingerprint density at radius 1 is 1.13 bits per heavy atom. The Kier molecular flexibility index (Phi) is 3.23. The van der Waals surface area contributed by atoms with Crippen molar-refractivity contribution < 1.29 is 4.74 Å². The Labute approximate surface area is 97.2 Å². The average Bonchev–Trinajstić information content (AvgIpc) is 2.29. The molecule has 0 aromatic heterocycles. The number of nitrogens with one attached hydrogen (secondary N) is 1. The highest BCUT2D eigenvalue weighted by Crippen LogP contribution is 2.32. The zero-order valence-electron chi connectivity index (χ0n) is 8.16. The Bertz CT molecular complexity index is 470. The second-order valence-electron chi connectivity index (χ2n) is 3.20. The van der Waals surface area contributed by atoms with E-state index in [4.69, 9.17) is 10.5 Å². The zero-order valence-corrected chi connectivity index (χ0v) is 9.75. The van der Waals surface area contributed by atoms with Crippen LogP contribution in [0.25, 0.3) is 10.8 Å². The van der Waals surface area contributed by atoms with Gasteiger partial charge in [-0.05, 0) is 32.8 Å². The predicted molar refractivity (Wildman–Crippen MR) is 65.1 cm³/mol. The van der Waals surface area contributed by atoms with Gasteiger partial charge >= 0.3 is 0 Å². The third kappa shape index (κ3) is 2.13. The molecule has 0 amide bonds. The van der Waals surface area contributed by atoms with Crippen molar-refractivity contribution in [3.8, 4) is 5.75 Å². The predicted octanol–water partition coefficient (Wildman–Crippen LogP) is 3.26. The first kappa shape index (κ1) is 10.5. The highest BCUT2D eigenvalue weighted by atomic mass is 79.9. The molecule has 0 bridgehead atoms. The van der Waals surface area contributed by atoms with E-state index in [2.05, 4.69) is 22.0 Å². The third-order valence-corrected chi connectivity index (χ3v) is 3.01. The molecule has 0 fully saturated rings. The third-order valence-electron chi connectivity index (χ3n) is 2.19. The van der Waals surface area contributed by atoms with Gasteiger partial charge < -0.3 is 4.74 Å². The molecule has 0 saturated heterocycles. The molecule has 2 rings (SSSR count). The van der Waals surface area contributed by atoms with Crippen molar-refractivity contribution in [1.29, 1.82) is 0 Å². The molecule has 0 unspecified atom stereocenters. The molecule has 2 aromatic carbocycles. The fourth-order valence-electron chi connectivity index (χ4n) is 1.49. The van der Waals surface area contributed by atoms with Crippen molar-refractivity contribution in [3.05, 3.63) is 40.9 Å². The summed E-state index contributed by atoms with van der Waals surface area (Å²) in [5.74, 6) is 0.806. The number of hydrogen-bond donors (Lipinski definition) is 0. The van der Waals surface area contributed by atoms with Gasteiger partial charge in [0.25, 0.3) is 0 Å². The van der Waals surface area contributed by atoms with Gasteiger partial charge in [-0.3, -0.25) is 5.73 Å². The molecule has 1 radical (unpaired) electrons. The van der Waals surface area contributed by atoms with Gasteiger partial charge in [0.2, 0.25) is 0 Å². The van der Waals surface area contributed by atoms with Crippen LogP contribution in [0.4, 0.5) is 0 Å². The van der Waals surface area contributed by atoms with Crippen LogP contribution in [0, 0.1) is 0 Å². The van der Waals surface area contributed by atoms with E-state index in [1.54, 1.807) is 0 Å². The van der Waals surface area contributed by atoms with E-state index in [1.807, 2.05) is 30.3 Å². The highest BCUT2D eigenvalue weighted by Gasteiger charge is 2.04. The van der Waals surface area contributed by atoms with Crippen LogP contribution in [0.1, 0.15) is 0 Å². The maximum absolute atomic E-state index is 7.05. The molecule has 0 saturated carbocycles. The SMILES string of the molecule is [NH]CCOc1ccc2ccccc2c1Br. The van der Waals surface area contributed by atoms with Gasteiger partial charge in [-0.15, -0.1) is 0 Å². The maximum Gasteiger partial charge on any atom is 0.134 e. The fourth-order valence-corrected chi connectivity index (χ4v) is 2.09. The van der Waals surface area contributed by atoms with Crippen LogP contribution in [-0.2, 0) is 0 Å². The van der Waals surface area contributed by atoms with E-state index in [-0.39, 0.29) is 6.54 Å². The van der Waals surface area contributed by atoms with Crippen LogP contribution < -0.4 is 10.5 Å². The molecule has 1 N–H and O–H groups in total. The van der Waals surface area contributed by atoms with Crippen molar-refractivity contribution in [1.82, 2.24) is 5.73 Å². The summed E-state index contributed by atoms with van der Waals surface area (Å²) in [6.45, 7) is 0.705. The molecule has 15 heavy (non-hydrogen) atoms. The quantitative estimate of drug-likeness (QED) is 0.838. The standard InChI is InChI=1S/C12H11BrNO/c13-12-10-4-2-1-3-9(10)5-6-11(12)15-8-7-14/h1-6,14H,7-8H2. The lowest BCUT2D eigenvalue weighted by Gasteiger charge is -2.08. The molecule has 2 nitrogen and oxygen atoms in total. The minimum Gasteiger partial charge on any atom is -0.491 e. The molecule has 0 spiro atoms. The first-order chi connectivity index (χ1) is 7.33. The second kappa shape index (κ2) is 4.64. The van der Waals surface area contributed by atoms with E-state index >= 15 is 0 Å². The highest BCUT2D eigenvalue weighted by molar-refractivity contribution is 9.10. The zero-order chi connectivity index (χ0) is 10.7. The number of benzene rings is 2. The molecule has 3 heteroatoms. The summed E-state index contributed by atoms with van der Waals surface area (Å²) in [5.41, 5.74) is 7.05. The van der Waals surface area contributed by atoms with Crippen molar-refractivity contribution >= 4 is 26.7 Å². The maximum atomic E-state index is 7.05. The Morgan fingerprint density at radius 3 is 2.73 bits per heavy atom. The van der Waals surface area contributed by atoms with Gasteiger partial charge in [-0.2, -0.15) is 0 Å². The van der Waals surface area contributed by atoms with Crippen molar-refractivity contribution in [3.63, 3.8) is 0 Å². The van der Waals surface area contributed by atoms with E-state index in [0.29, 0.717) is 6.61 Å². The minimum atomic E-state index is 0.277. The largest absolute Gasteiger partial charge is 0.491 e. The van der Waals surface area contributed by atoms with Crippen LogP contribution >= 0.6 is 15.9 Å². The van der Waals surface area contributed by atoms with Gasteiger partial charge in [-0.25, -0.2) is 0 Å². The Balaban J connectivity index is 2.45. The molecule has 0 aliphatic heterocycles. The van der Waals surface area contributed by atoms with Gasteiger partial charge in [0.15, 0.2) is 0 Å². The normalized spacial score (nSPS) is 10.5. The minimum absolute atomic E-state index is 0.277. The lowest BCUT2D eigenvalue weighted by molar-refractivity contribution is 0.325. The van der Waals surface area contributed by atoms with E-state index in [1.165, 1.54) is 5.39 Å². The summed E-state index contributed by atoms with van der Waals surface area (Å²) in [5, 5.41) is 2.32. The van der Waals surface area contributed by atoms with Crippen molar-refractivity contribution in [2.45, 2.75) is 0 Å². The number of fused-ring (bicyclic) bond motifs is 1. The van der Waals surface area contributed by atoms with Gasteiger partial charge in [0.05, 0.1) is 4.47 Å². The smallest absolute Gasteiger partial charge is 0.134 e. The van der Waals surface area contributed by atoms with E-state index in [9.17, 15) is 0 Å². The average molecular weight is 265 g/mol. The monoisotopic (exact) mass is 264 g/mol. The number of halogens is 1. The topological polar surface area (TPSA) is 33.0 Å². The van der Waals surface area contributed by atoms with Crippen molar-refractivity contribution in [2.24, 2.45) is 0 Å². The molecule has 0 atom stereocenters. The van der Waals surface area contributed by atoms with Crippen LogP contribution in [-0.4, -0.2) is 13.2 Å². The Morgan fingerprint density at radius 2 is 1.93 bits per heavy atom. The molecule has 77 valence electrons. The summed E-state index contributed by atoms with van der Waals surface area (Å²) >= 11 is 3.53. The van der Waals surface area contributed by atoms with Gasteiger partial charge in [0.1, 0.15) is 12.4 Å². The summed E-state index contributed by atoms with van der Waals surface area (Å²) < 4.78 is 6.43. The van der Waals surface area contributed by atoms with Crippen LogP contribution in [0.15, 0.2) is 40.9 Å².